The molecule has 1 aromatic rings. The van der Waals surface area contributed by atoms with Gasteiger partial charge in [0.15, 0.2) is 0 Å². The molecule has 0 spiro atoms. The highest BCUT2D eigenvalue weighted by Gasteiger charge is 2.46. The van der Waals surface area contributed by atoms with Gasteiger partial charge < -0.3 is 10.1 Å². The summed E-state index contributed by atoms with van der Waals surface area (Å²) >= 11 is 0. The number of halogens is 3. The second-order valence-corrected chi connectivity index (χ2v) is 6.45. The molecule has 1 aromatic carbocycles. The van der Waals surface area contributed by atoms with Gasteiger partial charge in [0.1, 0.15) is 11.9 Å². The Hall–Kier alpha value is -1.28. The first-order chi connectivity index (χ1) is 9.30. The molecule has 1 heterocycles. The molecule has 0 bridgehead atoms. The fourth-order valence-corrected chi connectivity index (χ4v) is 2.71. The first-order valence-electron chi connectivity index (χ1n) is 6.09. The lowest BCUT2D eigenvalue weighted by atomic mass is 10.1. The Kier molecular flexibility index (Phi) is 4.24. The van der Waals surface area contributed by atoms with E-state index < -0.39 is 20.2 Å². The number of nitrogens with one attached hydrogen (secondary N) is 1. The van der Waals surface area contributed by atoms with Gasteiger partial charge >= 0.3 is 5.51 Å². The Morgan fingerprint density at radius 1 is 1.20 bits per heavy atom. The van der Waals surface area contributed by atoms with Crippen LogP contribution in [0, 0.1) is 0 Å². The van der Waals surface area contributed by atoms with E-state index in [1.54, 1.807) is 0 Å². The number of hydrogen-bond donors (Lipinski definition) is 1. The molecule has 0 aliphatic carbocycles. The van der Waals surface area contributed by atoms with Crippen molar-refractivity contribution in [1.29, 1.82) is 0 Å². The van der Waals surface area contributed by atoms with E-state index in [1.165, 1.54) is 12.1 Å². The van der Waals surface area contributed by atoms with Crippen molar-refractivity contribution in [3.05, 3.63) is 24.3 Å². The Labute approximate surface area is 114 Å². The van der Waals surface area contributed by atoms with Gasteiger partial charge in [-0.3, -0.25) is 0 Å². The molecular weight excluding hydrogens is 295 g/mol. The molecule has 1 aliphatic rings. The molecule has 1 unspecified atom stereocenters. The summed E-state index contributed by atoms with van der Waals surface area (Å²) in [6.45, 7) is 1.59. The van der Waals surface area contributed by atoms with Crippen molar-refractivity contribution in [2.45, 2.75) is 29.3 Å². The molecule has 1 N–H and O–H groups in total. The van der Waals surface area contributed by atoms with Crippen LogP contribution in [0.5, 0.6) is 5.75 Å². The first kappa shape index (κ1) is 15.1. The highest BCUT2D eigenvalue weighted by molar-refractivity contribution is 7.92. The zero-order valence-corrected chi connectivity index (χ0v) is 11.3. The lowest BCUT2D eigenvalue weighted by Crippen LogP contribution is -2.37. The standard InChI is InChI=1S/C12H14F3NO3S/c13-12(14,15)20(17,18)11-5-3-9(4-6-11)19-10-2-1-7-16-8-10/h3-6,10,16H,1-2,7-8H2. The highest BCUT2D eigenvalue weighted by atomic mass is 32.2. The van der Waals surface area contributed by atoms with E-state index in [1.807, 2.05) is 0 Å². The molecule has 4 nitrogen and oxygen atoms in total. The topological polar surface area (TPSA) is 55.4 Å². The molecule has 20 heavy (non-hydrogen) atoms. The minimum absolute atomic E-state index is 0.0474. The van der Waals surface area contributed by atoms with E-state index in [0.717, 1.165) is 31.5 Å². The number of sulfone groups is 1. The lowest BCUT2D eigenvalue weighted by molar-refractivity contribution is -0.0436. The average Bonchev–Trinajstić information content (AvgIpc) is 2.39. The number of piperidine rings is 1. The van der Waals surface area contributed by atoms with Gasteiger partial charge in [-0.1, -0.05) is 0 Å². The van der Waals surface area contributed by atoms with E-state index in [-0.39, 0.29) is 6.10 Å². The smallest absolute Gasteiger partial charge is 0.489 e. The monoisotopic (exact) mass is 309 g/mol. The van der Waals surface area contributed by atoms with Crippen molar-refractivity contribution in [2.75, 3.05) is 13.1 Å². The SMILES string of the molecule is O=S(=O)(c1ccc(OC2CCCNC2)cc1)C(F)(F)F. The molecule has 1 fully saturated rings. The Balaban J connectivity index is 2.10. The number of benzene rings is 1. The van der Waals surface area contributed by atoms with Crippen molar-refractivity contribution in [3.63, 3.8) is 0 Å². The van der Waals surface area contributed by atoms with E-state index in [0.29, 0.717) is 12.3 Å². The van der Waals surface area contributed by atoms with Gasteiger partial charge in [-0.2, -0.15) is 13.2 Å². The molecule has 0 saturated carbocycles. The van der Waals surface area contributed by atoms with Crippen LogP contribution in [0.4, 0.5) is 13.2 Å². The van der Waals surface area contributed by atoms with Crippen LogP contribution in [0.3, 0.4) is 0 Å². The number of alkyl halides is 3. The summed E-state index contributed by atoms with van der Waals surface area (Å²) in [5.41, 5.74) is -5.29. The van der Waals surface area contributed by atoms with Crippen LogP contribution in [0.2, 0.25) is 0 Å². The number of ether oxygens (including phenoxy) is 1. The average molecular weight is 309 g/mol. The number of rotatable bonds is 3. The Morgan fingerprint density at radius 2 is 1.85 bits per heavy atom. The van der Waals surface area contributed by atoms with Crippen LogP contribution >= 0.6 is 0 Å². The predicted molar refractivity (Wildman–Crippen MR) is 66.2 cm³/mol. The quantitative estimate of drug-likeness (QED) is 0.929. The molecule has 0 radical (unpaired) electrons. The zero-order chi connectivity index (χ0) is 14.8. The second-order valence-electron chi connectivity index (χ2n) is 4.51. The van der Waals surface area contributed by atoms with E-state index >= 15 is 0 Å². The van der Waals surface area contributed by atoms with Gasteiger partial charge in [-0.25, -0.2) is 8.42 Å². The van der Waals surface area contributed by atoms with Gasteiger partial charge in [0.25, 0.3) is 9.84 Å². The molecule has 112 valence electrons. The third kappa shape index (κ3) is 3.24. The van der Waals surface area contributed by atoms with Crippen LogP contribution < -0.4 is 10.1 Å². The normalized spacial score (nSPS) is 20.6. The fourth-order valence-electron chi connectivity index (χ4n) is 1.94. The van der Waals surface area contributed by atoms with Gasteiger partial charge in [-0.15, -0.1) is 0 Å². The van der Waals surface area contributed by atoms with Gasteiger partial charge in [0.05, 0.1) is 4.90 Å². The minimum Gasteiger partial charge on any atom is -0.489 e. The van der Waals surface area contributed by atoms with Crippen LogP contribution in [-0.2, 0) is 9.84 Å². The van der Waals surface area contributed by atoms with Gasteiger partial charge in [-0.05, 0) is 43.7 Å². The second kappa shape index (κ2) is 5.61. The van der Waals surface area contributed by atoms with Crippen molar-refractivity contribution in [2.24, 2.45) is 0 Å². The summed E-state index contributed by atoms with van der Waals surface area (Å²) in [5.74, 6) is 0.361. The van der Waals surface area contributed by atoms with Crippen LogP contribution in [-0.4, -0.2) is 33.1 Å². The van der Waals surface area contributed by atoms with Crippen molar-refractivity contribution in [3.8, 4) is 5.75 Å². The molecule has 2 rings (SSSR count). The van der Waals surface area contributed by atoms with E-state index in [2.05, 4.69) is 5.32 Å². The van der Waals surface area contributed by atoms with Crippen molar-refractivity contribution < 1.29 is 26.3 Å². The molecular formula is C12H14F3NO3S. The summed E-state index contributed by atoms with van der Waals surface area (Å²) in [6, 6.07) is 4.31. The summed E-state index contributed by atoms with van der Waals surface area (Å²) in [5, 5.41) is 3.14. The highest BCUT2D eigenvalue weighted by Crippen LogP contribution is 2.31. The van der Waals surface area contributed by atoms with Crippen LogP contribution in [0.25, 0.3) is 0 Å². The maximum atomic E-state index is 12.4. The molecule has 8 heteroatoms. The summed E-state index contributed by atoms with van der Waals surface area (Å²) in [6.07, 6.45) is 1.77. The Morgan fingerprint density at radius 3 is 2.35 bits per heavy atom. The van der Waals surface area contributed by atoms with Gasteiger partial charge in [0, 0.05) is 6.54 Å². The molecule has 1 aliphatic heterocycles. The third-order valence-corrected chi connectivity index (χ3v) is 4.50. The van der Waals surface area contributed by atoms with E-state index in [4.69, 9.17) is 4.74 Å². The van der Waals surface area contributed by atoms with E-state index in [9.17, 15) is 21.6 Å². The largest absolute Gasteiger partial charge is 0.501 e. The maximum absolute atomic E-state index is 12.4. The van der Waals surface area contributed by atoms with Crippen LogP contribution in [0.1, 0.15) is 12.8 Å². The molecule has 0 amide bonds. The molecule has 1 atom stereocenters. The Bertz CT molecular complexity index is 548. The van der Waals surface area contributed by atoms with Crippen molar-refractivity contribution >= 4 is 9.84 Å². The number of hydrogen-bond acceptors (Lipinski definition) is 4. The lowest BCUT2D eigenvalue weighted by Gasteiger charge is -2.24. The van der Waals surface area contributed by atoms with Crippen molar-refractivity contribution in [1.82, 2.24) is 5.32 Å². The van der Waals surface area contributed by atoms with Crippen LogP contribution in [0.15, 0.2) is 29.2 Å². The van der Waals surface area contributed by atoms with Gasteiger partial charge in [0.2, 0.25) is 0 Å². The first-order valence-corrected chi connectivity index (χ1v) is 7.58. The summed E-state index contributed by atoms with van der Waals surface area (Å²) in [7, 11) is -5.29. The minimum atomic E-state index is -5.29. The molecule has 1 saturated heterocycles. The zero-order valence-electron chi connectivity index (χ0n) is 10.5. The fraction of sp³-hybridized carbons (Fsp3) is 0.500. The summed E-state index contributed by atoms with van der Waals surface area (Å²) < 4.78 is 65.0. The third-order valence-electron chi connectivity index (χ3n) is 2.99. The predicted octanol–water partition coefficient (Wildman–Crippen LogP) is 2.11. The summed E-state index contributed by atoms with van der Waals surface area (Å²) in [4.78, 5) is -0.779. The maximum Gasteiger partial charge on any atom is 0.501 e. The molecule has 0 aromatic heterocycles.